The Kier molecular flexibility index (Phi) is 18.5. The fourth-order valence-electron chi connectivity index (χ4n) is 5.21. The van der Waals surface area contributed by atoms with Gasteiger partial charge in [0, 0.05) is 0 Å². The number of hydrogen-bond acceptors (Lipinski definition) is 10. The van der Waals surface area contributed by atoms with Crippen LogP contribution in [0.25, 0.3) is 0 Å². The van der Waals surface area contributed by atoms with Gasteiger partial charge in [-0.1, -0.05) is 0 Å². The molecule has 1 heterocycles. The number of ether oxygens (including phenoxy) is 6. The molecule has 0 aliphatic carbocycles. The average Bonchev–Trinajstić information content (AvgIpc) is 2.90. The molecule has 41 heavy (non-hydrogen) atoms. The molecule has 1 aliphatic heterocycles. The van der Waals surface area contributed by atoms with Crippen molar-refractivity contribution in [1.29, 1.82) is 0 Å². The van der Waals surface area contributed by atoms with Gasteiger partial charge in [-0.05, 0) is 0 Å². The van der Waals surface area contributed by atoms with E-state index in [0.29, 0.717) is 0 Å². The van der Waals surface area contributed by atoms with Gasteiger partial charge < -0.3 is 0 Å². The number of carbonyl (C=O) groups excluding carboxylic acids is 4. The van der Waals surface area contributed by atoms with Gasteiger partial charge >= 0.3 is 251 Å². The van der Waals surface area contributed by atoms with E-state index in [9.17, 15) is 19.2 Å². The van der Waals surface area contributed by atoms with Crippen LogP contribution in [-0.4, -0.2) is 86.2 Å². The first kappa shape index (κ1) is 37.4. The number of allylic oxidation sites excluding steroid dienone is 1. The Labute approximate surface area is 250 Å². The fraction of sp³-hybridized carbons (Fsp3) is 0.800. The number of esters is 4. The zero-order chi connectivity index (χ0) is 30.8. The summed E-state index contributed by atoms with van der Waals surface area (Å²) in [5.41, 5.74) is 0. The van der Waals surface area contributed by atoms with Crippen molar-refractivity contribution in [3.05, 3.63) is 12.2 Å². The van der Waals surface area contributed by atoms with Crippen LogP contribution in [0.4, 0.5) is 0 Å². The molecule has 236 valence electrons. The van der Waals surface area contributed by atoms with Crippen LogP contribution in [0.2, 0.25) is 17.7 Å². The summed E-state index contributed by atoms with van der Waals surface area (Å²) in [6.07, 6.45) is 5.92. The van der Waals surface area contributed by atoms with E-state index in [1.807, 2.05) is 6.08 Å². The average molecular weight is 691 g/mol. The molecular weight excluding hydrogens is 639 g/mol. The standard InChI is InChI=1S/C18H25O10.3C4H9.Sn/c1-6-7-8-23-18-17(27-13(5)22)16(26-12(4)21)15(25-11(3)20)14(28-18)9-24-10(2)19;3*1-3-4-2;/h6-7,14-18H,1,8-9H2,2-5H3;3*1,3-4H2,2H3;/b7-6+;;;;/t14-,15-,16+,17-,18-;;;;/m1..../s1. The van der Waals surface area contributed by atoms with Crippen LogP contribution >= 0.6 is 0 Å². The van der Waals surface area contributed by atoms with Gasteiger partial charge in [0.25, 0.3) is 0 Å². The Morgan fingerprint density at radius 1 is 0.683 bits per heavy atom. The molecule has 0 aromatic rings. The molecule has 11 heteroatoms. The van der Waals surface area contributed by atoms with Gasteiger partial charge in [-0.3, -0.25) is 0 Å². The fourth-order valence-corrected chi connectivity index (χ4v) is 20.5. The second-order valence-corrected chi connectivity index (χ2v) is 24.9. The summed E-state index contributed by atoms with van der Waals surface area (Å²) < 4.78 is 38.8. The molecule has 0 aromatic heterocycles. The van der Waals surface area contributed by atoms with Crippen LogP contribution in [0.5, 0.6) is 0 Å². The number of carbonyl (C=O) groups is 4. The third-order valence-electron chi connectivity index (χ3n) is 7.20. The van der Waals surface area contributed by atoms with Gasteiger partial charge in [0.05, 0.1) is 0 Å². The Hall–Kier alpha value is -1.66. The molecule has 0 bridgehead atoms. The second kappa shape index (κ2) is 20.3. The topological polar surface area (TPSA) is 124 Å². The normalized spacial score (nSPS) is 22.8. The van der Waals surface area contributed by atoms with E-state index in [1.54, 1.807) is 0 Å². The van der Waals surface area contributed by atoms with E-state index in [2.05, 4.69) is 26.8 Å². The Bertz CT molecular complexity index is 823. The zero-order valence-corrected chi connectivity index (χ0v) is 29.0. The van der Waals surface area contributed by atoms with Gasteiger partial charge in [-0.2, -0.15) is 0 Å². The molecule has 0 unspecified atom stereocenters. The summed E-state index contributed by atoms with van der Waals surface area (Å²) in [5, 5.41) is 0. The van der Waals surface area contributed by atoms with E-state index < -0.39 is 73.0 Å². The minimum atomic E-state index is -2.35. The van der Waals surface area contributed by atoms with Crippen molar-refractivity contribution >= 4 is 42.3 Å². The molecule has 1 aliphatic rings. The predicted molar refractivity (Wildman–Crippen MR) is 157 cm³/mol. The van der Waals surface area contributed by atoms with Crippen LogP contribution in [0, 0.1) is 0 Å². The maximum atomic E-state index is 12.0. The van der Waals surface area contributed by atoms with Crippen molar-refractivity contribution < 1.29 is 47.6 Å². The van der Waals surface area contributed by atoms with Crippen molar-refractivity contribution in [2.24, 2.45) is 0 Å². The van der Waals surface area contributed by atoms with Crippen LogP contribution in [0.1, 0.15) is 87.0 Å². The van der Waals surface area contributed by atoms with Gasteiger partial charge in [0.1, 0.15) is 0 Å². The molecule has 0 aromatic carbocycles. The van der Waals surface area contributed by atoms with E-state index >= 15 is 0 Å². The molecule has 0 saturated carbocycles. The molecule has 10 nitrogen and oxygen atoms in total. The van der Waals surface area contributed by atoms with Crippen molar-refractivity contribution in [3.8, 4) is 0 Å². The summed E-state index contributed by atoms with van der Waals surface area (Å²) in [5.74, 6) is -2.56. The van der Waals surface area contributed by atoms with Crippen molar-refractivity contribution in [1.82, 2.24) is 0 Å². The van der Waals surface area contributed by atoms with Crippen molar-refractivity contribution in [2.45, 2.75) is 135 Å². The number of rotatable bonds is 19. The van der Waals surface area contributed by atoms with E-state index in [4.69, 9.17) is 28.4 Å². The molecule has 1 rings (SSSR count). The van der Waals surface area contributed by atoms with Crippen LogP contribution in [0.15, 0.2) is 12.2 Å². The Balaban J connectivity index is 3.16. The van der Waals surface area contributed by atoms with Crippen molar-refractivity contribution in [3.63, 3.8) is 0 Å². The molecule has 1 saturated heterocycles. The van der Waals surface area contributed by atoms with Crippen LogP contribution < -0.4 is 0 Å². The molecule has 1 fully saturated rings. The molecule has 5 atom stereocenters. The van der Waals surface area contributed by atoms with E-state index in [1.165, 1.54) is 79.5 Å². The SMILES string of the molecule is CCC[CH2][Sn]([CH2]/C=C/CO[C@@H]1O[C@H](COC(C)=O)[C@@H](OC(C)=O)[C@H](OC(C)=O)[C@H]1OC(C)=O)([CH2]CCC)[CH2]CCC. The molecule has 0 N–H and O–H groups in total. The molecular formula is C30H52O10Sn. The Morgan fingerprint density at radius 3 is 1.63 bits per heavy atom. The second-order valence-electron chi connectivity index (χ2n) is 10.9. The molecule has 0 amide bonds. The number of unbranched alkanes of at least 4 members (excludes halogenated alkanes) is 3. The maximum absolute atomic E-state index is 12.0. The third-order valence-corrected chi connectivity index (χ3v) is 22.5. The Morgan fingerprint density at radius 2 is 1.17 bits per heavy atom. The van der Waals surface area contributed by atoms with Crippen LogP contribution in [-0.2, 0) is 47.6 Å². The molecule has 0 radical (unpaired) electrons. The first-order valence-electron chi connectivity index (χ1n) is 15.1. The van der Waals surface area contributed by atoms with Crippen molar-refractivity contribution in [2.75, 3.05) is 13.2 Å². The summed E-state index contributed by atoms with van der Waals surface area (Å²) in [6.45, 7) is 11.5. The summed E-state index contributed by atoms with van der Waals surface area (Å²) in [6, 6.07) is 0. The van der Waals surface area contributed by atoms with Gasteiger partial charge in [0.15, 0.2) is 0 Å². The third kappa shape index (κ3) is 14.4. The van der Waals surface area contributed by atoms with Crippen LogP contribution in [0.3, 0.4) is 0 Å². The first-order chi connectivity index (χ1) is 19.5. The quantitative estimate of drug-likeness (QED) is 0.0744. The number of hydrogen-bond donors (Lipinski definition) is 0. The minimum absolute atomic E-state index is 0.172. The molecule has 0 spiro atoms. The summed E-state index contributed by atoms with van der Waals surface area (Å²) >= 11 is -2.35. The van der Waals surface area contributed by atoms with Gasteiger partial charge in [-0.25, -0.2) is 0 Å². The van der Waals surface area contributed by atoms with E-state index in [-0.39, 0.29) is 13.2 Å². The van der Waals surface area contributed by atoms with E-state index in [0.717, 1.165) is 4.44 Å². The monoisotopic (exact) mass is 692 g/mol. The van der Waals surface area contributed by atoms with Gasteiger partial charge in [0.2, 0.25) is 0 Å². The summed E-state index contributed by atoms with van der Waals surface area (Å²) in [4.78, 5) is 47.4. The summed E-state index contributed by atoms with van der Waals surface area (Å²) in [7, 11) is 0. The van der Waals surface area contributed by atoms with Gasteiger partial charge in [-0.15, -0.1) is 0 Å². The predicted octanol–water partition coefficient (Wildman–Crippen LogP) is 5.49. The zero-order valence-electron chi connectivity index (χ0n) is 26.1. The first-order valence-corrected chi connectivity index (χ1v) is 23.1.